The van der Waals surface area contributed by atoms with E-state index in [0.717, 1.165) is 29.7 Å². The highest BCUT2D eigenvalue weighted by atomic mass is 32.2. The summed E-state index contributed by atoms with van der Waals surface area (Å²) in [4.78, 5) is 0. The Kier molecular flexibility index (Phi) is 8.49. The van der Waals surface area contributed by atoms with Gasteiger partial charge in [-0.2, -0.15) is 8.42 Å². The summed E-state index contributed by atoms with van der Waals surface area (Å²) in [7, 11) is -0.914. The number of nitrogens with one attached hydrogen (secondary N) is 1. The Morgan fingerprint density at radius 3 is 2.04 bits per heavy atom. The maximum absolute atomic E-state index is 10.7. The van der Waals surface area contributed by atoms with Crippen LogP contribution in [0.2, 0.25) is 0 Å². The number of hydrogen-bond acceptors (Lipinski definition) is 6. The molecule has 7 nitrogen and oxygen atoms in total. The van der Waals surface area contributed by atoms with Crippen molar-refractivity contribution in [2.45, 2.75) is 18.9 Å². The molecule has 0 saturated carbocycles. The van der Waals surface area contributed by atoms with Gasteiger partial charge in [0.15, 0.2) is 0 Å². The molecular formula is C15H25NO6S. The van der Waals surface area contributed by atoms with E-state index in [1.54, 1.807) is 14.2 Å². The average Bonchev–Trinajstić information content (AvgIpc) is 2.47. The molecule has 1 aromatic carbocycles. The topological polar surface area (TPSA) is 105 Å². The average molecular weight is 347 g/mol. The van der Waals surface area contributed by atoms with E-state index in [0.29, 0.717) is 13.2 Å². The van der Waals surface area contributed by atoms with E-state index >= 15 is 0 Å². The fourth-order valence-electron chi connectivity index (χ4n) is 2.13. The van der Waals surface area contributed by atoms with Gasteiger partial charge in [0, 0.05) is 26.5 Å². The van der Waals surface area contributed by atoms with Crippen molar-refractivity contribution in [1.29, 1.82) is 0 Å². The fourth-order valence-corrected chi connectivity index (χ4v) is 2.73. The highest BCUT2D eigenvalue weighted by molar-refractivity contribution is 7.85. The lowest BCUT2D eigenvalue weighted by Gasteiger charge is -2.14. The Labute approximate surface area is 137 Å². The Morgan fingerprint density at radius 2 is 1.61 bits per heavy atom. The fraction of sp³-hybridized carbons (Fsp3) is 0.600. The molecular weight excluding hydrogens is 322 g/mol. The molecule has 0 heterocycles. The van der Waals surface area contributed by atoms with Crippen molar-refractivity contribution in [1.82, 2.24) is 0 Å². The smallest absolute Gasteiger partial charge is 0.267 e. The van der Waals surface area contributed by atoms with Crippen molar-refractivity contribution in [3.8, 4) is 0 Å². The Morgan fingerprint density at radius 1 is 1.09 bits per heavy atom. The number of methoxy groups -OCH3 is 2. The van der Waals surface area contributed by atoms with Crippen molar-refractivity contribution in [3.63, 3.8) is 0 Å². The van der Waals surface area contributed by atoms with E-state index in [9.17, 15) is 13.5 Å². The molecule has 23 heavy (non-hydrogen) atoms. The van der Waals surface area contributed by atoms with Gasteiger partial charge in [0.1, 0.15) is 5.75 Å². The summed E-state index contributed by atoms with van der Waals surface area (Å²) in [5.74, 6) is -0.695. The van der Waals surface area contributed by atoms with E-state index < -0.39 is 22.0 Å². The van der Waals surface area contributed by atoms with Crippen LogP contribution in [-0.4, -0.2) is 63.9 Å². The van der Waals surface area contributed by atoms with Crippen LogP contribution in [0.4, 0.5) is 5.69 Å². The summed E-state index contributed by atoms with van der Waals surface area (Å²) < 4.78 is 40.4. The van der Waals surface area contributed by atoms with Crippen LogP contribution in [-0.2, 0) is 32.4 Å². The van der Waals surface area contributed by atoms with Gasteiger partial charge < -0.3 is 19.9 Å². The molecule has 0 aliphatic carbocycles. The zero-order valence-corrected chi connectivity index (χ0v) is 14.3. The Balaban J connectivity index is 2.74. The number of anilines is 1. The summed E-state index contributed by atoms with van der Waals surface area (Å²) in [5.41, 5.74) is 2.93. The maximum atomic E-state index is 10.7. The van der Waals surface area contributed by atoms with Crippen LogP contribution in [0.1, 0.15) is 11.1 Å². The summed E-state index contributed by atoms with van der Waals surface area (Å²) >= 11 is 0. The highest BCUT2D eigenvalue weighted by Gasteiger charge is 2.14. The van der Waals surface area contributed by atoms with Gasteiger partial charge in [0.05, 0.1) is 19.3 Å². The first kappa shape index (κ1) is 19.9. The molecule has 0 aliphatic rings. The molecule has 1 aromatic rings. The minimum Gasteiger partial charge on any atom is -0.390 e. The van der Waals surface area contributed by atoms with Gasteiger partial charge in [-0.3, -0.25) is 4.55 Å². The second-order valence-corrected chi connectivity index (χ2v) is 6.80. The normalized spacial score (nSPS) is 13.0. The van der Waals surface area contributed by atoms with Gasteiger partial charge in [0.2, 0.25) is 0 Å². The minimum absolute atomic E-state index is 0.0250. The zero-order valence-electron chi connectivity index (χ0n) is 13.5. The molecule has 132 valence electrons. The van der Waals surface area contributed by atoms with Gasteiger partial charge in [-0.25, -0.2) is 0 Å². The highest BCUT2D eigenvalue weighted by Crippen LogP contribution is 2.17. The van der Waals surface area contributed by atoms with Crippen molar-refractivity contribution in [3.05, 3.63) is 29.3 Å². The molecule has 0 amide bonds. The predicted octanol–water partition coefficient (Wildman–Crippen LogP) is 0.725. The summed E-state index contributed by atoms with van der Waals surface area (Å²) in [6.45, 7) is 1.22. The monoisotopic (exact) mass is 347 g/mol. The molecule has 0 aromatic heterocycles. The summed E-state index contributed by atoms with van der Waals surface area (Å²) in [6, 6.07) is 5.92. The summed E-state index contributed by atoms with van der Waals surface area (Å²) in [5, 5.41) is 12.6. The maximum Gasteiger partial charge on any atom is 0.267 e. The zero-order chi connectivity index (χ0) is 17.3. The minimum atomic E-state index is -4.19. The van der Waals surface area contributed by atoms with Gasteiger partial charge in [-0.05, 0) is 36.1 Å². The quantitative estimate of drug-likeness (QED) is 0.507. The lowest BCUT2D eigenvalue weighted by molar-refractivity contribution is 0.201. The van der Waals surface area contributed by atoms with Gasteiger partial charge in [-0.15, -0.1) is 0 Å². The van der Waals surface area contributed by atoms with E-state index in [1.165, 1.54) is 0 Å². The molecule has 1 rings (SSSR count). The molecule has 0 fully saturated rings. The third-order valence-electron chi connectivity index (χ3n) is 3.19. The van der Waals surface area contributed by atoms with Crippen LogP contribution in [0, 0.1) is 0 Å². The molecule has 0 aliphatic heterocycles. The van der Waals surface area contributed by atoms with Crippen LogP contribution >= 0.6 is 0 Å². The molecule has 0 saturated heterocycles. The van der Waals surface area contributed by atoms with Crippen LogP contribution < -0.4 is 5.32 Å². The van der Waals surface area contributed by atoms with E-state index in [4.69, 9.17) is 14.0 Å². The summed E-state index contributed by atoms with van der Waals surface area (Å²) in [6.07, 6.45) is 0.314. The third-order valence-corrected chi connectivity index (χ3v) is 3.99. The van der Waals surface area contributed by atoms with E-state index in [2.05, 4.69) is 11.4 Å². The van der Waals surface area contributed by atoms with Crippen molar-refractivity contribution >= 4 is 15.8 Å². The largest absolute Gasteiger partial charge is 0.390 e. The molecule has 8 heteroatoms. The molecule has 0 spiro atoms. The lowest BCUT2D eigenvalue weighted by atomic mass is 10.0. The number of ether oxygens (including phenoxy) is 2. The molecule has 1 atom stereocenters. The lowest BCUT2D eigenvalue weighted by Crippen LogP contribution is -2.27. The molecule has 1 unspecified atom stereocenters. The molecule has 3 N–H and O–H groups in total. The number of benzene rings is 1. The Bertz CT molecular complexity index is 549. The first-order chi connectivity index (χ1) is 10.8. The molecule has 0 bridgehead atoms. The SMILES string of the molecule is COCCc1cc(CCOC)cc(NCC(O)CS(=O)(=O)O)c1. The first-order valence-electron chi connectivity index (χ1n) is 7.32. The number of rotatable bonds is 11. The van der Waals surface area contributed by atoms with Gasteiger partial charge in [0.25, 0.3) is 10.1 Å². The predicted molar refractivity (Wildman–Crippen MR) is 88.5 cm³/mol. The van der Waals surface area contributed by atoms with Crippen LogP contribution in [0.15, 0.2) is 18.2 Å². The number of aliphatic hydroxyl groups excluding tert-OH is 1. The van der Waals surface area contributed by atoms with Crippen molar-refractivity contribution in [2.75, 3.05) is 45.0 Å². The van der Waals surface area contributed by atoms with E-state index in [-0.39, 0.29) is 6.54 Å². The number of hydrogen-bond donors (Lipinski definition) is 3. The van der Waals surface area contributed by atoms with Crippen molar-refractivity contribution in [2.24, 2.45) is 0 Å². The second kappa shape index (κ2) is 9.84. The first-order valence-corrected chi connectivity index (χ1v) is 8.93. The number of aliphatic hydroxyl groups is 1. The van der Waals surface area contributed by atoms with Crippen molar-refractivity contribution < 1.29 is 27.6 Å². The van der Waals surface area contributed by atoms with E-state index in [1.807, 2.05) is 12.1 Å². The van der Waals surface area contributed by atoms with Gasteiger partial charge >= 0.3 is 0 Å². The molecule has 0 radical (unpaired) electrons. The van der Waals surface area contributed by atoms with Crippen LogP contribution in [0.3, 0.4) is 0 Å². The van der Waals surface area contributed by atoms with Crippen LogP contribution in [0.25, 0.3) is 0 Å². The standard InChI is InChI=1S/C15H25NO6S/c1-21-5-3-12-7-13(4-6-22-2)9-14(8-12)16-10-15(17)11-23(18,19)20/h7-9,15-17H,3-6,10-11H2,1-2H3,(H,18,19,20). The second-order valence-electron chi connectivity index (χ2n) is 5.31. The van der Waals surface area contributed by atoms with Crippen LogP contribution in [0.5, 0.6) is 0 Å². The third kappa shape index (κ3) is 8.87. The Hall–Kier alpha value is -1.19. The van der Waals surface area contributed by atoms with Gasteiger partial charge in [-0.1, -0.05) is 6.07 Å².